The Kier molecular flexibility index (Phi) is 16.4. The Labute approximate surface area is 292 Å². The number of aliphatic carboxylic acids is 2. The third-order valence-corrected chi connectivity index (χ3v) is 8.37. The molecule has 2 heterocycles. The fourth-order valence-electron chi connectivity index (χ4n) is 5.08. The van der Waals surface area contributed by atoms with Crippen LogP contribution in [-0.4, -0.2) is 145 Å². The first-order chi connectivity index (χ1) is 24.0. The Bertz CT molecular complexity index is 1410. The highest BCUT2D eigenvalue weighted by atomic mass is 16.4. The zero-order valence-corrected chi connectivity index (χ0v) is 28.5. The lowest BCUT2D eigenvalue weighted by atomic mass is 9.99. The molecule has 0 saturated carbocycles. The van der Waals surface area contributed by atoms with Gasteiger partial charge in [0.25, 0.3) is 0 Å². The van der Waals surface area contributed by atoms with Gasteiger partial charge in [0, 0.05) is 24.9 Å². The van der Waals surface area contributed by atoms with Crippen LogP contribution >= 0.6 is 0 Å². The molecule has 8 atom stereocenters. The zero-order valence-electron chi connectivity index (χ0n) is 28.5. The van der Waals surface area contributed by atoms with Crippen LogP contribution in [0.5, 0.6) is 0 Å². The second-order valence-electron chi connectivity index (χ2n) is 12.2. The van der Waals surface area contributed by atoms with Crippen LogP contribution in [0.4, 0.5) is 0 Å². The average molecular weight is 726 g/mol. The minimum atomic E-state index is -1.73. The quantitative estimate of drug-likeness (QED) is 0.0602. The third-order valence-electron chi connectivity index (χ3n) is 8.37. The SMILES string of the molecule is CC[C@H](C)[C@H](N)C(=O)N[C@@H](CO)C(=O)N1CCC[C@H]1C(=O)N[C@@H](CC(=O)O)C(=O)N[C@@H](C)C(=O)N[C@@H](Cc1cnc[nH]1)C(=O)N[C@@H](CO)C(=O)O. The van der Waals surface area contributed by atoms with Gasteiger partial charge in [0.05, 0.1) is 32.0 Å². The van der Waals surface area contributed by atoms with Crippen molar-refractivity contribution < 1.29 is 58.8 Å². The molecule has 12 N–H and O–H groups in total. The standard InChI is InChI=1S/C30H47N9O12/c1-4-14(2)23(31)28(48)37-19(11-40)29(49)39-7-5-6-21(39)27(47)36-18(9-22(42)43)25(45)34-15(3)24(44)35-17(8-16-10-32-13-33-16)26(46)38-20(12-41)30(50)51/h10,13-15,17-21,23,40-41H,4-9,11-12,31H2,1-3H3,(H,32,33)(H,34,45)(H,35,44)(H,36,47)(H,37,48)(H,38,46)(H,42,43)(H,50,51)/t14-,15-,17-,18-,19-,20-,21-,23-/m0/s1. The van der Waals surface area contributed by atoms with Crippen molar-refractivity contribution in [2.75, 3.05) is 19.8 Å². The van der Waals surface area contributed by atoms with E-state index in [1.54, 1.807) is 6.92 Å². The van der Waals surface area contributed by atoms with E-state index in [2.05, 4.69) is 36.6 Å². The first-order valence-corrected chi connectivity index (χ1v) is 16.3. The number of nitrogens with zero attached hydrogens (tertiary/aromatic N) is 2. The van der Waals surface area contributed by atoms with Gasteiger partial charge >= 0.3 is 11.9 Å². The van der Waals surface area contributed by atoms with Crippen LogP contribution in [-0.2, 0) is 44.8 Å². The van der Waals surface area contributed by atoms with E-state index in [0.29, 0.717) is 18.5 Å². The molecule has 1 aliphatic rings. The number of nitrogens with two attached hydrogens (primary N) is 1. The summed E-state index contributed by atoms with van der Waals surface area (Å²) in [6, 6.07) is -9.80. The van der Waals surface area contributed by atoms with E-state index in [0.717, 1.165) is 4.90 Å². The number of carbonyl (C=O) groups excluding carboxylic acids is 6. The third kappa shape index (κ3) is 12.3. The Morgan fingerprint density at radius 3 is 2.04 bits per heavy atom. The predicted octanol–water partition coefficient (Wildman–Crippen LogP) is -4.70. The maximum absolute atomic E-state index is 13.3. The van der Waals surface area contributed by atoms with Crippen molar-refractivity contribution in [3.8, 4) is 0 Å². The molecule has 21 nitrogen and oxygen atoms in total. The molecule has 6 amide bonds. The molecule has 1 aromatic rings. The molecule has 21 heteroatoms. The van der Waals surface area contributed by atoms with Crippen molar-refractivity contribution in [1.29, 1.82) is 0 Å². The van der Waals surface area contributed by atoms with Crippen molar-refractivity contribution in [1.82, 2.24) is 41.5 Å². The molecule has 0 bridgehead atoms. The summed E-state index contributed by atoms with van der Waals surface area (Å²) in [6.45, 7) is 3.11. The van der Waals surface area contributed by atoms with Gasteiger partial charge in [0.1, 0.15) is 36.3 Å². The molecule has 51 heavy (non-hydrogen) atoms. The van der Waals surface area contributed by atoms with Gasteiger partial charge in [-0.15, -0.1) is 0 Å². The fourth-order valence-corrected chi connectivity index (χ4v) is 5.08. The molecule has 0 spiro atoms. The van der Waals surface area contributed by atoms with Crippen LogP contribution in [0.3, 0.4) is 0 Å². The largest absolute Gasteiger partial charge is 0.481 e. The number of carboxylic acids is 2. The number of hydrogen-bond donors (Lipinski definition) is 11. The summed E-state index contributed by atoms with van der Waals surface area (Å²) in [5, 5.41) is 49.2. The van der Waals surface area contributed by atoms with Crippen LogP contribution in [0.1, 0.15) is 52.1 Å². The predicted molar refractivity (Wildman–Crippen MR) is 174 cm³/mol. The van der Waals surface area contributed by atoms with E-state index in [1.165, 1.54) is 19.4 Å². The summed E-state index contributed by atoms with van der Waals surface area (Å²) in [6.07, 6.45) is 2.57. The zero-order chi connectivity index (χ0) is 38.4. The minimum Gasteiger partial charge on any atom is -0.481 e. The Hall–Kier alpha value is -5.15. The van der Waals surface area contributed by atoms with Gasteiger partial charge in [-0.05, 0) is 25.7 Å². The fraction of sp³-hybridized carbons (Fsp3) is 0.633. The first kappa shape index (κ1) is 42.0. The molecule has 284 valence electrons. The number of rotatable bonds is 20. The molecular formula is C30H47N9O12. The highest BCUT2D eigenvalue weighted by molar-refractivity contribution is 5.98. The molecule has 1 aliphatic heterocycles. The number of aliphatic hydroxyl groups excluding tert-OH is 2. The number of aromatic nitrogens is 2. The molecule has 0 radical (unpaired) electrons. The normalized spacial score (nSPS) is 18.2. The maximum atomic E-state index is 13.3. The van der Waals surface area contributed by atoms with Gasteiger partial charge < -0.3 is 62.6 Å². The summed E-state index contributed by atoms with van der Waals surface area (Å²) in [5.74, 6) is -8.61. The van der Waals surface area contributed by atoms with E-state index >= 15 is 0 Å². The monoisotopic (exact) mass is 725 g/mol. The molecular weight excluding hydrogens is 678 g/mol. The first-order valence-electron chi connectivity index (χ1n) is 16.3. The molecule has 2 rings (SSSR count). The van der Waals surface area contributed by atoms with Gasteiger partial charge in [-0.25, -0.2) is 9.78 Å². The summed E-state index contributed by atoms with van der Waals surface area (Å²) in [5.41, 5.74) is 6.30. The van der Waals surface area contributed by atoms with E-state index < -0.39 is 109 Å². The summed E-state index contributed by atoms with van der Waals surface area (Å²) in [7, 11) is 0. The molecule has 0 unspecified atom stereocenters. The summed E-state index contributed by atoms with van der Waals surface area (Å²) >= 11 is 0. The molecule has 1 saturated heterocycles. The number of H-pyrrole nitrogens is 1. The minimum absolute atomic E-state index is 0.0620. The smallest absolute Gasteiger partial charge is 0.328 e. The van der Waals surface area contributed by atoms with E-state index in [-0.39, 0.29) is 25.3 Å². The van der Waals surface area contributed by atoms with Gasteiger partial charge in [0.2, 0.25) is 35.4 Å². The van der Waals surface area contributed by atoms with Crippen molar-refractivity contribution in [3.63, 3.8) is 0 Å². The van der Waals surface area contributed by atoms with E-state index in [4.69, 9.17) is 5.73 Å². The summed E-state index contributed by atoms with van der Waals surface area (Å²) in [4.78, 5) is 109. The van der Waals surface area contributed by atoms with Crippen LogP contribution in [0.25, 0.3) is 0 Å². The average Bonchev–Trinajstić information content (AvgIpc) is 3.80. The second kappa shape index (κ2) is 19.9. The highest BCUT2D eigenvalue weighted by Crippen LogP contribution is 2.19. The maximum Gasteiger partial charge on any atom is 0.328 e. The lowest BCUT2D eigenvalue weighted by Crippen LogP contribution is -2.60. The van der Waals surface area contributed by atoms with Gasteiger partial charge in [-0.1, -0.05) is 20.3 Å². The van der Waals surface area contributed by atoms with E-state index in [9.17, 15) is 58.8 Å². The molecule has 1 fully saturated rings. The molecule has 1 aromatic heterocycles. The summed E-state index contributed by atoms with van der Waals surface area (Å²) < 4.78 is 0. The number of carboxylic acid groups (broad SMARTS) is 2. The van der Waals surface area contributed by atoms with Gasteiger partial charge in [0.15, 0.2) is 0 Å². The molecule has 0 aliphatic carbocycles. The van der Waals surface area contributed by atoms with Crippen LogP contribution in [0.15, 0.2) is 12.5 Å². The lowest BCUT2D eigenvalue weighted by Gasteiger charge is -2.30. The van der Waals surface area contributed by atoms with Crippen molar-refractivity contribution >= 4 is 47.4 Å². The second-order valence-corrected chi connectivity index (χ2v) is 12.2. The van der Waals surface area contributed by atoms with Crippen LogP contribution in [0.2, 0.25) is 0 Å². The Morgan fingerprint density at radius 2 is 1.49 bits per heavy atom. The number of amides is 6. The number of hydrogen-bond acceptors (Lipinski definition) is 12. The Morgan fingerprint density at radius 1 is 0.882 bits per heavy atom. The molecule has 0 aromatic carbocycles. The van der Waals surface area contributed by atoms with Crippen molar-refractivity contribution in [2.45, 2.75) is 95.2 Å². The van der Waals surface area contributed by atoms with Crippen LogP contribution in [0, 0.1) is 5.92 Å². The van der Waals surface area contributed by atoms with Gasteiger partial charge in [-0.3, -0.25) is 33.6 Å². The highest BCUT2D eigenvalue weighted by Gasteiger charge is 2.40. The van der Waals surface area contributed by atoms with Gasteiger partial charge in [-0.2, -0.15) is 0 Å². The lowest BCUT2D eigenvalue weighted by molar-refractivity contribution is -0.144. The number of carbonyl (C=O) groups is 8. The van der Waals surface area contributed by atoms with Crippen molar-refractivity contribution in [3.05, 3.63) is 18.2 Å². The number of aliphatic hydroxyl groups is 2. The number of aromatic amines is 1. The number of nitrogens with one attached hydrogen (secondary N) is 6. The van der Waals surface area contributed by atoms with Crippen LogP contribution < -0.4 is 32.3 Å². The number of imidazole rings is 1. The Balaban J connectivity index is 2.14. The van der Waals surface area contributed by atoms with Crippen molar-refractivity contribution in [2.24, 2.45) is 11.7 Å². The topological polar surface area (TPSA) is 336 Å². The van der Waals surface area contributed by atoms with E-state index in [1.807, 2.05) is 6.92 Å². The number of likely N-dealkylation sites (tertiary alicyclic amines) is 1.